The van der Waals surface area contributed by atoms with E-state index >= 15 is 0 Å². The number of rotatable bonds is 9. The lowest BCUT2D eigenvalue weighted by atomic mass is 9.93. The second-order valence-corrected chi connectivity index (χ2v) is 6.64. The minimum Gasteiger partial charge on any atom is -0.497 e. The van der Waals surface area contributed by atoms with Gasteiger partial charge in [-0.3, -0.25) is 4.79 Å². The van der Waals surface area contributed by atoms with Crippen LogP contribution in [0.5, 0.6) is 11.5 Å². The van der Waals surface area contributed by atoms with Crippen molar-refractivity contribution in [3.05, 3.63) is 83.3 Å². The fraction of sp³-hybridized carbons (Fsp3) is 0.227. The molecule has 0 aliphatic heterocycles. The van der Waals surface area contributed by atoms with Gasteiger partial charge < -0.3 is 19.2 Å². The summed E-state index contributed by atoms with van der Waals surface area (Å²) in [5.74, 6) is 1.79. The first-order chi connectivity index (χ1) is 13.7. The number of nitrogens with one attached hydrogen (secondary N) is 1. The molecule has 3 aromatic rings. The van der Waals surface area contributed by atoms with Crippen LogP contribution in [0.2, 0.25) is 5.02 Å². The Morgan fingerprint density at radius 2 is 1.79 bits per heavy atom. The fourth-order valence-corrected chi connectivity index (χ4v) is 2.95. The maximum absolute atomic E-state index is 12.8. The van der Waals surface area contributed by atoms with Crippen molar-refractivity contribution in [1.29, 1.82) is 0 Å². The number of benzene rings is 2. The van der Waals surface area contributed by atoms with Crippen LogP contribution in [-0.4, -0.2) is 26.2 Å². The number of carbonyl (C=O) groups excluding carboxylic acids is 1. The first kappa shape index (κ1) is 19.8. The lowest BCUT2D eigenvalue weighted by Gasteiger charge is -2.17. The molecule has 0 saturated carbocycles. The molecule has 0 aliphatic carbocycles. The molecule has 6 heteroatoms. The molecular formula is C22H22ClNO4. The van der Waals surface area contributed by atoms with E-state index in [-0.39, 0.29) is 11.8 Å². The van der Waals surface area contributed by atoms with E-state index < -0.39 is 0 Å². The van der Waals surface area contributed by atoms with Gasteiger partial charge in [0.05, 0.1) is 25.8 Å². The van der Waals surface area contributed by atoms with E-state index in [4.69, 9.17) is 25.5 Å². The smallest absolute Gasteiger partial charge is 0.228 e. The molecule has 0 radical (unpaired) electrons. The quantitative estimate of drug-likeness (QED) is 0.539. The van der Waals surface area contributed by atoms with Crippen LogP contribution in [0.25, 0.3) is 0 Å². The summed E-state index contributed by atoms with van der Waals surface area (Å²) in [6, 6.07) is 18.3. The molecule has 0 fully saturated rings. The molecule has 0 saturated heterocycles. The first-order valence-electron chi connectivity index (χ1n) is 8.98. The third-order valence-corrected chi connectivity index (χ3v) is 4.56. The van der Waals surface area contributed by atoms with Crippen LogP contribution in [0.15, 0.2) is 71.3 Å². The largest absolute Gasteiger partial charge is 0.497 e. The molecule has 28 heavy (non-hydrogen) atoms. The van der Waals surface area contributed by atoms with Gasteiger partial charge in [-0.15, -0.1) is 0 Å². The van der Waals surface area contributed by atoms with Crippen molar-refractivity contribution in [3.8, 4) is 11.5 Å². The van der Waals surface area contributed by atoms with Crippen molar-refractivity contribution >= 4 is 17.5 Å². The molecule has 0 spiro atoms. The molecule has 0 bridgehead atoms. The Morgan fingerprint density at radius 3 is 2.43 bits per heavy atom. The Hall–Kier alpha value is -2.92. The molecule has 2 aromatic carbocycles. The normalized spacial score (nSPS) is 11.6. The monoisotopic (exact) mass is 399 g/mol. The average molecular weight is 400 g/mol. The van der Waals surface area contributed by atoms with Crippen molar-refractivity contribution in [3.63, 3.8) is 0 Å². The van der Waals surface area contributed by atoms with Gasteiger partial charge in [-0.2, -0.15) is 0 Å². The third-order valence-electron chi connectivity index (χ3n) is 4.30. The van der Waals surface area contributed by atoms with Crippen molar-refractivity contribution in [2.24, 2.45) is 0 Å². The SMILES string of the molecule is COc1ccc(OCCNC(=O)C(Cc2ccco2)c2ccc(Cl)cc2)cc1. The average Bonchev–Trinajstić information content (AvgIpc) is 3.24. The highest BCUT2D eigenvalue weighted by atomic mass is 35.5. The molecule has 146 valence electrons. The number of furan rings is 1. The van der Waals surface area contributed by atoms with E-state index in [2.05, 4.69) is 5.32 Å². The van der Waals surface area contributed by atoms with Crippen LogP contribution >= 0.6 is 11.6 Å². The van der Waals surface area contributed by atoms with Gasteiger partial charge in [0.25, 0.3) is 0 Å². The Balaban J connectivity index is 1.56. The van der Waals surface area contributed by atoms with E-state index in [0.29, 0.717) is 24.6 Å². The van der Waals surface area contributed by atoms with Gasteiger partial charge in [-0.25, -0.2) is 0 Å². The van der Waals surface area contributed by atoms with Gasteiger partial charge in [-0.05, 0) is 54.1 Å². The van der Waals surface area contributed by atoms with Crippen LogP contribution in [0, 0.1) is 0 Å². The number of methoxy groups -OCH3 is 1. The number of amides is 1. The molecule has 1 amide bonds. The van der Waals surface area contributed by atoms with Crippen molar-refractivity contribution < 1.29 is 18.7 Å². The second kappa shape index (κ2) is 9.85. The summed E-state index contributed by atoms with van der Waals surface area (Å²) in [5, 5.41) is 3.57. The molecule has 1 atom stereocenters. The summed E-state index contributed by atoms with van der Waals surface area (Å²) >= 11 is 5.97. The minimum atomic E-state index is -0.371. The van der Waals surface area contributed by atoms with Crippen LogP contribution in [-0.2, 0) is 11.2 Å². The van der Waals surface area contributed by atoms with E-state index in [1.807, 2.05) is 48.5 Å². The number of carbonyl (C=O) groups is 1. The maximum atomic E-state index is 12.8. The topological polar surface area (TPSA) is 60.7 Å². The molecule has 5 nitrogen and oxygen atoms in total. The highest BCUT2D eigenvalue weighted by Gasteiger charge is 2.22. The Morgan fingerprint density at radius 1 is 1.07 bits per heavy atom. The van der Waals surface area contributed by atoms with E-state index in [0.717, 1.165) is 22.8 Å². The number of hydrogen-bond acceptors (Lipinski definition) is 4. The zero-order chi connectivity index (χ0) is 19.8. The summed E-state index contributed by atoms with van der Waals surface area (Å²) in [6.07, 6.45) is 2.08. The lowest BCUT2D eigenvalue weighted by molar-refractivity contribution is -0.122. The molecule has 3 rings (SSSR count). The summed E-state index contributed by atoms with van der Waals surface area (Å²) < 4.78 is 16.2. The second-order valence-electron chi connectivity index (χ2n) is 6.20. The predicted octanol–water partition coefficient (Wildman–Crippen LogP) is 4.46. The van der Waals surface area contributed by atoms with Crippen molar-refractivity contribution in [2.75, 3.05) is 20.3 Å². The first-order valence-corrected chi connectivity index (χ1v) is 9.36. The number of hydrogen-bond donors (Lipinski definition) is 1. The van der Waals surface area contributed by atoms with E-state index in [1.54, 1.807) is 25.5 Å². The molecule has 1 aromatic heterocycles. The summed E-state index contributed by atoms with van der Waals surface area (Å²) in [7, 11) is 1.62. The third kappa shape index (κ3) is 5.54. The van der Waals surface area contributed by atoms with Crippen LogP contribution in [0.3, 0.4) is 0 Å². The van der Waals surface area contributed by atoms with Gasteiger partial charge in [0.1, 0.15) is 23.9 Å². The molecule has 0 aliphatic rings. The van der Waals surface area contributed by atoms with E-state index in [1.165, 1.54) is 0 Å². The summed E-state index contributed by atoms with van der Waals surface area (Å²) in [4.78, 5) is 12.8. The van der Waals surface area contributed by atoms with Gasteiger partial charge in [-0.1, -0.05) is 23.7 Å². The Labute approximate surface area is 169 Å². The van der Waals surface area contributed by atoms with Crippen molar-refractivity contribution in [2.45, 2.75) is 12.3 Å². The lowest BCUT2D eigenvalue weighted by Crippen LogP contribution is -2.33. The zero-order valence-corrected chi connectivity index (χ0v) is 16.3. The summed E-state index contributed by atoms with van der Waals surface area (Å²) in [6.45, 7) is 0.763. The highest BCUT2D eigenvalue weighted by Crippen LogP contribution is 2.23. The standard InChI is InChI=1S/C22H22ClNO4/c1-26-18-8-10-19(11-9-18)28-14-12-24-22(25)21(15-20-3-2-13-27-20)16-4-6-17(23)7-5-16/h2-11,13,21H,12,14-15H2,1H3,(H,24,25). The predicted molar refractivity (Wildman–Crippen MR) is 108 cm³/mol. The highest BCUT2D eigenvalue weighted by molar-refractivity contribution is 6.30. The van der Waals surface area contributed by atoms with Crippen LogP contribution < -0.4 is 14.8 Å². The van der Waals surface area contributed by atoms with Crippen LogP contribution in [0.1, 0.15) is 17.2 Å². The van der Waals surface area contributed by atoms with E-state index in [9.17, 15) is 4.79 Å². The van der Waals surface area contributed by atoms with Gasteiger partial charge in [0.2, 0.25) is 5.91 Å². The molecular weight excluding hydrogens is 378 g/mol. The Kier molecular flexibility index (Phi) is 6.98. The molecule has 1 N–H and O–H groups in total. The molecule has 1 unspecified atom stereocenters. The minimum absolute atomic E-state index is 0.0861. The summed E-state index contributed by atoms with van der Waals surface area (Å²) in [5.41, 5.74) is 0.884. The van der Waals surface area contributed by atoms with Crippen LogP contribution in [0.4, 0.5) is 0 Å². The fourth-order valence-electron chi connectivity index (χ4n) is 2.83. The Bertz CT molecular complexity index is 861. The zero-order valence-electron chi connectivity index (χ0n) is 15.6. The van der Waals surface area contributed by atoms with Crippen molar-refractivity contribution in [1.82, 2.24) is 5.32 Å². The number of ether oxygens (including phenoxy) is 2. The molecule has 1 heterocycles. The van der Waals surface area contributed by atoms with Gasteiger partial charge in [0, 0.05) is 11.4 Å². The van der Waals surface area contributed by atoms with Gasteiger partial charge >= 0.3 is 0 Å². The number of halogens is 1. The maximum Gasteiger partial charge on any atom is 0.228 e. The van der Waals surface area contributed by atoms with Gasteiger partial charge in [0.15, 0.2) is 0 Å².